The van der Waals surface area contributed by atoms with Gasteiger partial charge in [0.15, 0.2) is 0 Å². The van der Waals surface area contributed by atoms with Crippen LogP contribution in [0.5, 0.6) is 0 Å². The summed E-state index contributed by atoms with van der Waals surface area (Å²) in [5.74, 6) is 0. The molecule has 0 aliphatic heterocycles. The van der Waals surface area contributed by atoms with Crippen LogP contribution in [0.4, 0.5) is 0 Å². The SMILES string of the molecule is CCC(c1ccccc1)n1ccc2cc(Br)ccc2c1=O. The molecule has 1 heterocycles. The van der Waals surface area contributed by atoms with Gasteiger partial charge in [-0.1, -0.05) is 53.2 Å². The van der Waals surface area contributed by atoms with Crippen LogP contribution in [0.1, 0.15) is 24.9 Å². The van der Waals surface area contributed by atoms with Crippen LogP contribution in [-0.2, 0) is 0 Å². The first kappa shape index (κ1) is 14.1. The van der Waals surface area contributed by atoms with Gasteiger partial charge in [-0.15, -0.1) is 0 Å². The quantitative estimate of drug-likeness (QED) is 0.672. The fourth-order valence-electron chi connectivity index (χ4n) is 2.75. The van der Waals surface area contributed by atoms with Crippen LogP contribution in [-0.4, -0.2) is 4.57 Å². The summed E-state index contributed by atoms with van der Waals surface area (Å²) >= 11 is 3.45. The highest BCUT2D eigenvalue weighted by atomic mass is 79.9. The molecule has 0 fully saturated rings. The van der Waals surface area contributed by atoms with E-state index in [9.17, 15) is 4.79 Å². The van der Waals surface area contributed by atoms with Crippen molar-refractivity contribution in [2.75, 3.05) is 0 Å². The molecule has 0 spiro atoms. The normalized spacial score (nSPS) is 12.5. The third-order valence-corrected chi connectivity index (χ3v) is 4.29. The minimum atomic E-state index is 0.0655. The molecular weight excluding hydrogens is 326 g/mol. The number of benzene rings is 2. The third kappa shape index (κ3) is 2.66. The Hall–Kier alpha value is -1.87. The van der Waals surface area contributed by atoms with E-state index in [1.807, 2.05) is 53.2 Å². The molecule has 3 aromatic rings. The van der Waals surface area contributed by atoms with Gasteiger partial charge in [-0.3, -0.25) is 4.79 Å². The Morgan fingerprint density at radius 3 is 2.57 bits per heavy atom. The molecule has 106 valence electrons. The maximum absolute atomic E-state index is 12.8. The number of rotatable bonds is 3. The van der Waals surface area contributed by atoms with Gasteiger partial charge in [0.25, 0.3) is 5.56 Å². The van der Waals surface area contributed by atoms with Crippen molar-refractivity contribution >= 4 is 26.7 Å². The predicted molar refractivity (Wildman–Crippen MR) is 90.8 cm³/mol. The van der Waals surface area contributed by atoms with Gasteiger partial charge in [-0.25, -0.2) is 0 Å². The smallest absolute Gasteiger partial charge is 0.258 e. The van der Waals surface area contributed by atoms with E-state index >= 15 is 0 Å². The lowest BCUT2D eigenvalue weighted by atomic mass is 10.0. The number of halogens is 1. The minimum Gasteiger partial charge on any atom is -0.308 e. The molecule has 1 unspecified atom stereocenters. The van der Waals surface area contributed by atoms with Gasteiger partial charge < -0.3 is 4.57 Å². The zero-order valence-electron chi connectivity index (χ0n) is 11.8. The third-order valence-electron chi connectivity index (χ3n) is 3.80. The van der Waals surface area contributed by atoms with Crippen LogP contribution in [0.2, 0.25) is 0 Å². The summed E-state index contributed by atoms with van der Waals surface area (Å²) in [5.41, 5.74) is 1.23. The molecule has 21 heavy (non-hydrogen) atoms. The van der Waals surface area contributed by atoms with E-state index in [-0.39, 0.29) is 11.6 Å². The van der Waals surface area contributed by atoms with Gasteiger partial charge in [0.1, 0.15) is 0 Å². The highest BCUT2D eigenvalue weighted by molar-refractivity contribution is 9.10. The zero-order chi connectivity index (χ0) is 14.8. The molecule has 0 saturated heterocycles. The van der Waals surface area contributed by atoms with Crippen LogP contribution in [0, 0.1) is 0 Å². The molecule has 0 saturated carbocycles. The monoisotopic (exact) mass is 341 g/mol. The molecule has 0 aliphatic rings. The van der Waals surface area contributed by atoms with Crippen molar-refractivity contribution in [2.24, 2.45) is 0 Å². The van der Waals surface area contributed by atoms with Crippen LogP contribution in [0.15, 0.2) is 70.1 Å². The molecule has 3 heteroatoms. The average Bonchev–Trinajstić information content (AvgIpc) is 2.51. The van der Waals surface area contributed by atoms with Gasteiger partial charge in [0.2, 0.25) is 0 Å². The highest BCUT2D eigenvalue weighted by Crippen LogP contribution is 2.22. The first-order valence-electron chi connectivity index (χ1n) is 7.06. The van der Waals surface area contributed by atoms with Crippen LogP contribution in [0.3, 0.4) is 0 Å². The van der Waals surface area contributed by atoms with Crippen LogP contribution in [0.25, 0.3) is 10.8 Å². The first-order chi connectivity index (χ1) is 10.2. The van der Waals surface area contributed by atoms with E-state index in [2.05, 4.69) is 35.0 Å². The van der Waals surface area contributed by atoms with Crippen molar-refractivity contribution in [3.63, 3.8) is 0 Å². The van der Waals surface area contributed by atoms with Crippen molar-refractivity contribution in [2.45, 2.75) is 19.4 Å². The summed E-state index contributed by atoms with van der Waals surface area (Å²) in [6.45, 7) is 2.11. The predicted octanol–water partition coefficient (Wildman–Crippen LogP) is 4.76. The fraction of sp³-hybridized carbons (Fsp3) is 0.167. The number of fused-ring (bicyclic) bond motifs is 1. The molecule has 1 atom stereocenters. The Balaban J connectivity index is 2.18. The summed E-state index contributed by atoms with van der Waals surface area (Å²) in [4.78, 5) is 12.8. The second-order valence-corrected chi connectivity index (χ2v) is 6.01. The lowest BCUT2D eigenvalue weighted by Gasteiger charge is -2.19. The molecule has 2 aromatic carbocycles. The number of hydrogen-bond acceptors (Lipinski definition) is 1. The maximum atomic E-state index is 12.8. The minimum absolute atomic E-state index is 0.0655. The average molecular weight is 342 g/mol. The van der Waals surface area contributed by atoms with E-state index in [0.717, 1.165) is 21.7 Å². The van der Waals surface area contributed by atoms with E-state index in [1.54, 1.807) is 0 Å². The molecule has 0 amide bonds. The van der Waals surface area contributed by atoms with Gasteiger partial charge in [0.05, 0.1) is 6.04 Å². The summed E-state index contributed by atoms with van der Waals surface area (Å²) in [6, 6.07) is 18.0. The molecule has 2 nitrogen and oxygen atoms in total. The largest absolute Gasteiger partial charge is 0.308 e. The van der Waals surface area contributed by atoms with Gasteiger partial charge >= 0.3 is 0 Å². The van der Waals surface area contributed by atoms with Gasteiger partial charge in [-0.2, -0.15) is 0 Å². The molecule has 0 bridgehead atoms. The Labute approximate surface area is 132 Å². The maximum Gasteiger partial charge on any atom is 0.258 e. The van der Waals surface area contributed by atoms with E-state index in [0.29, 0.717) is 0 Å². The molecule has 0 radical (unpaired) electrons. The lowest BCUT2D eigenvalue weighted by molar-refractivity contribution is 0.552. The Morgan fingerprint density at radius 2 is 1.86 bits per heavy atom. The second-order valence-electron chi connectivity index (χ2n) is 5.09. The van der Waals surface area contributed by atoms with Crippen LogP contribution < -0.4 is 5.56 Å². The standard InChI is InChI=1S/C18H16BrNO/c1-2-17(13-6-4-3-5-7-13)20-11-10-14-12-15(19)8-9-16(14)18(20)21/h3-12,17H,2H2,1H3. The van der Waals surface area contributed by atoms with E-state index in [4.69, 9.17) is 0 Å². The van der Waals surface area contributed by atoms with E-state index < -0.39 is 0 Å². The zero-order valence-corrected chi connectivity index (χ0v) is 13.4. The Bertz CT molecular complexity index is 823. The van der Waals surface area contributed by atoms with E-state index in [1.165, 1.54) is 5.56 Å². The molecular formula is C18H16BrNO. The highest BCUT2D eigenvalue weighted by Gasteiger charge is 2.14. The van der Waals surface area contributed by atoms with Crippen molar-refractivity contribution < 1.29 is 0 Å². The van der Waals surface area contributed by atoms with Crippen molar-refractivity contribution in [3.05, 3.63) is 81.2 Å². The first-order valence-corrected chi connectivity index (χ1v) is 7.85. The number of hydrogen-bond donors (Lipinski definition) is 0. The fourth-order valence-corrected chi connectivity index (χ4v) is 3.13. The number of nitrogens with zero attached hydrogens (tertiary/aromatic N) is 1. The molecule has 3 rings (SSSR count). The van der Waals surface area contributed by atoms with Gasteiger partial charge in [-0.05, 0) is 41.6 Å². The van der Waals surface area contributed by atoms with Crippen LogP contribution >= 0.6 is 15.9 Å². The Morgan fingerprint density at radius 1 is 1.10 bits per heavy atom. The number of aromatic nitrogens is 1. The molecule has 0 N–H and O–H groups in total. The van der Waals surface area contributed by atoms with Crippen molar-refractivity contribution in [1.82, 2.24) is 4.57 Å². The summed E-state index contributed by atoms with van der Waals surface area (Å²) in [6.07, 6.45) is 2.78. The topological polar surface area (TPSA) is 22.0 Å². The Kier molecular flexibility index (Phi) is 3.93. The van der Waals surface area contributed by atoms with Crippen molar-refractivity contribution in [3.8, 4) is 0 Å². The van der Waals surface area contributed by atoms with Crippen molar-refractivity contribution in [1.29, 1.82) is 0 Å². The van der Waals surface area contributed by atoms with Gasteiger partial charge in [0, 0.05) is 16.1 Å². The number of pyridine rings is 1. The lowest BCUT2D eigenvalue weighted by Crippen LogP contribution is -2.24. The summed E-state index contributed by atoms with van der Waals surface area (Å²) in [5, 5.41) is 1.73. The second kappa shape index (κ2) is 5.86. The summed E-state index contributed by atoms with van der Waals surface area (Å²) < 4.78 is 2.83. The summed E-state index contributed by atoms with van der Waals surface area (Å²) in [7, 11) is 0. The molecule has 1 aromatic heterocycles. The molecule has 0 aliphatic carbocycles.